The molecule has 1 aromatic heterocycles. The molecule has 1 heterocycles. The van der Waals surface area contributed by atoms with Gasteiger partial charge >= 0.3 is 0 Å². The van der Waals surface area contributed by atoms with E-state index in [-0.39, 0.29) is 0 Å². The molecule has 0 saturated heterocycles. The molecule has 0 radical (unpaired) electrons. The van der Waals surface area contributed by atoms with Crippen molar-refractivity contribution in [2.45, 2.75) is 0 Å². The van der Waals surface area contributed by atoms with Gasteiger partial charge in [-0.1, -0.05) is 15.9 Å². The zero-order valence-corrected chi connectivity index (χ0v) is 10.8. The number of hydrogen-bond donors (Lipinski definition) is 1. The van der Waals surface area contributed by atoms with Crippen molar-refractivity contribution < 1.29 is 0 Å². The van der Waals surface area contributed by atoms with Crippen LogP contribution in [0.4, 0.5) is 11.5 Å². The van der Waals surface area contributed by atoms with Gasteiger partial charge in [0.05, 0.1) is 16.8 Å². The number of rotatable bonds is 2. The van der Waals surface area contributed by atoms with Gasteiger partial charge in [-0.25, -0.2) is 4.98 Å². The molecule has 0 bridgehead atoms. The van der Waals surface area contributed by atoms with E-state index in [4.69, 9.17) is 10.5 Å². The summed E-state index contributed by atoms with van der Waals surface area (Å²) in [4.78, 5) is 4.09. The minimum Gasteiger partial charge on any atom is -0.339 e. The quantitative estimate of drug-likeness (QED) is 0.923. The average Bonchev–Trinajstić information content (AvgIpc) is 2.41. The molecule has 2 aromatic rings. The Morgan fingerprint density at radius 1 is 1.11 bits per heavy atom. The van der Waals surface area contributed by atoms with Crippen molar-refractivity contribution in [1.82, 2.24) is 4.98 Å². The second-order valence-electron chi connectivity index (χ2n) is 3.47. The molecule has 0 atom stereocenters. The van der Waals surface area contributed by atoms with Crippen molar-refractivity contribution in [2.75, 3.05) is 5.32 Å². The van der Waals surface area contributed by atoms with E-state index in [2.05, 4.69) is 32.3 Å². The fraction of sp³-hybridized carbons (Fsp3) is 0. The van der Waals surface area contributed by atoms with E-state index in [0.717, 1.165) is 4.47 Å². The number of anilines is 2. The van der Waals surface area contributed by atoms with Crippen LogP contribution in [0.5, 0.6) is 0 Å². The van der Waals surface area contributed by atoms with Crippen LogP contribution in [-0.2, 0) is 0 Å². The van der Waals surface area contributed by atoms with Gasteiger partial charge in [0.25, 0.3) is 0 Å². The predicted octanol–water partition coefficient (Wildman–Crippen LogP) is 3.33. The summed E-state index contributed by atoms with van der Waals surface area (Å²) in [6, 6.07) is 12.8. The third kappa shape index (κ3) is 2.65. The first-order chi connectivity index (χ1) is 8.72. The van der Waals surface area contributed by atoms with Crippen LogP contribution in [0.25, 0.3) is 0 Å². The standard InChI is InChI=1S/C13H7BrN4/c14-11-2-3-12(10(5-11)7-16)18-13-4-1-9(6-15)8-17-13/h1-5,8H,(H,17,18). The summed E-state index contributed by atoms with van der Waals surface area (Å²) in [5, 5.41) is 20.7. The lowest BCUT2D eigenvalue weighted by Crippen LogP contribution is -1.96. The first-order valence-electron chi connectivity index (χ1n) is 5.06. The number of nitrogens with one attached hydrogen (secondary N) is 1. The lowest BCUT2D eigenvalue weighted by Gasteiger charge is -2.07. The summed E-state index contributed by atoms with van der Waals surface area (Å²) in [6.45, 7) is 0. The SMILES string of the molecule is N#Cc1ccc(Nc2ccc(Br)cc2C#N)nc1. The lowest BCUT2D eigenvalue weighted by molar-refractivity contribution is 1.28. The third-order valence-electron chi connectivity index (χ3n) is 2.26. The van der Waals surface area contributed by atoms with Gasteiger partial charge in [0.2, 0.25) is 0 Å². The Balaban J connectivity index is 2.29. The van der Waals surface area contributed by atoms with Gasteiger partial charge in [-0.05, 0) is 30.3 Å². The number of nitrogens with zero attached hydrogens (tertiary/aromatic N) is 3. The van der Waals surface area contributed by atoms with E-state index in [0.29, 0.717) is 22.6 Å². The van der Waals surface area contributed by atoms with Crippen LogP contribution < -0.4 is 5.32 Å². The summed E-state index contributed by atoms with van der Waals surface area (Å²) in [5.74, 6) is 0.591. The number of halogens is 1. The van der Waals surface area contributed by atoms with Gasteiger partial charge in [-0.3, -0.25) is 0 Å². The molecule has 0 amide bonds. The summed E-state index contributed by atoms with van der Waals surface area (Å²) < 4.78 is 0.845. The molecule has 0 fully saturated rings. The zero-order chi connectivity index (χ0) is 13.0. The van der Waals surface area contributed by atoms with Crippen LogP contribution in [0.15, 0.2) is 41.0 Å². The summed E-state index contributed by atoms with van der Waals surface area (Å²) >= 11 is 3.31. The van der Waals surface area contributed by atoms with Crippen LogP contribution >= 0.6 is 15.9 Å². The van der Waals surface area contributed by atoms with Crippen molar-refractivity contribution in [3.63, 3.8) is 0 Å². The van der Waals surface area contributed by atoms with Gasteiger partial charge in [-0.2, -0.15) is 10.5 Å². The Kier molecular flexibility index (Phi) is 3.57. The van der Waals surface area contributed by atoms with E-state index >= 15 is 0 Å². The molecule has 0 aliphatic carbocycles. The van der Waals surface area contributed by atoms with Gasteiger partial charge in [0, 0.05) is 10.7 Å². The van der Waals surface area contributed by atoms with Crippen molar-refractivity contribution >= 4 is 27.4 Å². The van der Waals surface area contributed by atoms with Crippen molar-refractivity contribution in [1.29, 1.82) is 10.5 Å². The Morgan fingerprint density at radius 2 is 1.94 bits per heavy atom. The Labute approximate surface area is 113 Å². The highest BCUT2D eigenvalue weighted by atomic mass is 79.9. The monoisotopic (exact) mass is 298 g/mol. The molecule has 0 unspecified atom stereocenters. The number of benzene rings is 1. The first-order valence-corrected chi connectivity index (χ1v) is 5.85. The largest absolute Gasteiger partial charge is 0.339 e. The van der Waals surface area contributed by atoms with Crippen LogP contribution in [0.3, 0.4) is 0 Å². The minimum atomic E-state index is 0.497. The molecular formula is C13H7BrN4. The van der Waals surface area contributed by atoms with E-state index < -0.39 is 0 Å². The number of hydrogen-bond acceptors (Lipinski definition) is 4. The molecule has 4 nitrogen and oxygen atoms in total. The second-order valence-corrected chi connectivity index (χ2v) is 4.39. The van der Waals surface area contributed by atoms with Gasteiger partial charge in [-0.15, -0.1) is 0 Å². The maximum atomic E-state index is 9.03. The van der Waals surface area contributed by atoms with E-state index in [1.165, 1.54) is 6.20 Å². The lowest BCUT2D eigenvalue weighted by atomic mass is 10.2. The molecule has 5 heteroatoms. The fourth-order valence-corrected chi connectivity index (χ4v) is 1.75. The summed E-state index contributed by atoms with van der Waals surface area (Å²) in [5.41, 5.74) is 1.70. The molecule has 1 aromatic carbocycles. The predicted molar refractivity (Wildman–Crippen MR) is 71.1 cm³/mol. The first kappa shape index (κ1) is 12.1. The third-order valence-corrected chi connectivity index (χ3v) is 2.75. The molecule has 2 rings (SSSR count). The Morgan fingerprint density at radius 3 is 2.56 bits per heavy atom. The smallest absolute Gasteiger partial charge is 0.130 e. The fourth-order valence-electron chi connectivity index (χ4n) is 1.39. The van der Waals surface area contributed by atoms with Crippen molar-refractivity contribution in [3.8, 4) is 12.1 Å². The van der Waals surface area contributed by atoms with Crippen LogP contribution in [0, 0.1) is 22.7 Å². The number of aromatic nitrogens is 1. The maximum Gasteiger partial charge on any atom is 0.130 e. The molecule has 0 aliphatic heterocycles. The normalized spacial score (nSPS) is 9.28. The highest BCUT2D eigenvalue weighted by Gasteiger charge is 2.03. The van der Waals surface area contributed by atoms with Crippen LogP contribution in [-0.4, -0.2) is 4.98 Å². The van der Waals surface area contributed by atoms with Gasteiger partial charge in [0.1, 0.15) is 18.0 Å². The molecule has 0 aliphatic rings. The zero-order valence-electron chi connectivity index (χ0n) is 9.18. The topological polar surface area (TPSA) is 72.5 Å². The summed E-state index contributed by atoms with van der Waals surface area (Å²) in [7, 11) is 0. The second kappa shape index (κ2) is 5.31. The highest BCUT2D eigenvalue weighted by molar-refractivity contribution is 9.10. The van der Waals surface area contributed by atoms with E-state index in [9.17, 15) is 0 Å². The molecule has 18 heavy (non-hydrogen) atoms. The minimum absolute atomic E-state index is 0.497. The molecular weight excluding hydrogens is 292 g/mol. The summed E-state index contributed by atoms with van der Waals surface area (Å²) in [6.07, 6.45) is 1.48. The van der Waals surface area contributed by atoms with Crippen molar-refractivity contribution in [3.05, 3.63) is 52.1 Å². The van der Waals surface area contributed by atoms with Gasteiger partial charge in [0.15, 0.2) is 0 Å². The Hall–Kier alpha value is -2.37. The maximum absolute atomic E-state index is 9.03. The van der Waals surface area contributed by atoms with E-state index in [1.54, 1.807) is 24.3 Å². The number of nitriles is 2. The van der Waals surface area contributed by atoms with Crippen molar-refractivity contribution in [2.24, 2.45) is 0 Å². The molecule has 0 spiro atoms. The molecule has 0 saturated carbocycles. The molecule has 1 N–H and O–H groups in total. The highest BCUT2D eigenvalue weighted by Crippen LogP contribution is 2.23. The van der Waals surface area contributed by atoms with Gasteiger partial charge < -0.3 is 5.32 Å². The van der Waals surface area contributed by atoms with E-state index in [1.807, 2.05) is 12.1 Å². The van der Waals surface area contributed by atoms with Crippen LogP contribution in [0.2, 0.25) is 0 Å². The van der Waals surface area contributed by atoms with Crippen LogP contribution in [0.1, 0.15) is 11.1 Å². The number of pyridine rings is 1. The molecule has 86 valence electrons. The Bertz CT molecular complexity index is 650. The average molecular weight is 299 g/mol.